The second kappa shape index (κ2) is 10.9. The zero-order chi connectivity index (χ0) is 18.9. The highest BCUT2D eigenvalue weighted by molar-refractivity contribution is 6.00. The monoisotopic (exact) mass is 364 g/mol. The Labute approximate surface area is 160 Å². The number of hydrogen-bond acceptors (Lipinski definition) is 2. The summed E-state index contributed by atoms with van der Waals surface area (Å²) in [6, 6.07) is 0.484. The molecular weight excluding hydrogens is 324 g/mol. The van der Waals surface area contributed by atoms with Gasteiger partial charge in [-0.15, -0.1) is 0 Å². The quantitative estimate of drug-likeness (QED) is 0.489. The summed E-state index contributed by atoms with van der Waals surface area (Å²) in [6.07, 6.45) is 13.1. The molecule has 26 heavy (non-hydrogen) atoms. The van der Waals surface area contributed by atoms with Gasteiger partial charge in [0.2, 0.25) is 11.8 Å². The van der Waals surface area contributed by atoms with Crippen LogP contribution in [-0.4, -0.2) is 23.9 Å². The van der Waals surface area contributed by atoms with E-state index in [-0.39, 0.29) is 23.9 Å². The molecule has 0 spiro atoms. The van der Waals surface area contributed by atoms with E-state index in [1.165, 1.54) is 38.5 Å². The highest BCUT2D eigenvalue weighted by Gasteiger charge is 2.32. The maximum atomic E-state index is 12.9. The summed E-state index contributed by atoms with van der Waals surface area (Å²) in [6.45, 7) is 6.60. The molecule has 4 unspecified atom stereocenters. The van der Waals surface area contributed by atoms with E-state index in [0.29, 0.717) is 18.3 Å². The van der Waals surface area contributed by atoms with Crippen LogP contribution in [-0.2, 0) is 9.59 Å². The maximum absolute atomic E-state index is 12.9. The summed E-state index contributed by atoms with van der Waals surface area (Å²) in [4.78, 5) is 25.9. The first kappa shape index (κ1) is 21.2. The molecule has 0 aliphatic heterocycles. The van der Waals surface area contributed by atoms with Gasteiger partial charge in [0.05, 0.1) is 0 Å². The van der Waals surface area contributed by atoms with Gasteiger partial charge in [-0.05, 0) is 43.9 Å². The van der Waals surface area contributed by atoms with Crippen molar-refractivity contribution in [3.05, 3.63) is 0 Å². The van der Waals surface area contributed by atoms with Crippen molar-refractivity contribution < 1.29 is 9.59 Å². The highest BCUT2D eigenvalue weighted by Crippen LogP contribution is 2.26. The van der Waals surface area contributed by atoms with Gasteiger partial charge in [-0.25, -0.2) is 0 Å². The Balaban J connectivity index is 1.96. The predicted molar refractivity (Wildman–Crippen MR) is 107 cm³/mol. The van der Waals surface area contributed by atoms with E-state index in [2.05, 4.69) is 31.4 Å². The number of rotatable bonds is 8. The number of amides is 2. The molecule has 150 valence electrons. The molecule has 0 heterocycles. The normalized spacial score (nSPS) is 30.4. The molecule has 2 fully saturated rings. The fraction of sp³-hybridized carbons (Fsp3) is 0.909. The maximum Gasteiger partial charge on any atom is 0.232 e. The average Bonchev–Trinajstić information content (AvgIpc) is 2.62. The van der Waals surface area contributed by atoms with E-state index in [4.69, 9.17) is 0 Å². The Bertz CT molecular complexity index is 415. The number of carbonyl (C=O) groups is 2. The number of hydrogen-bond donors (Lipinski definition) is 2. The minimum absolute atomic E-state index is 0.0409. The third-order valence-electron chi connectivity index (χ3n) is 6.61. The first-order chi connectivity index (χ1) is 12.5. The SMILES string of the molecule is CCCCCC(C(=O)NC1CCCCC1C)C(=O)NC1CCCCC1C. The lowest BCUT2D eigenvalue weighted by atomic mass is 9.84. The van der Waals surface area contributed by atoms with Crippen LogP contribution in [0.5, 0.6) is 0 Å². The van der Waals surface area contributed by atoms with E-state index in [9.17, 15) is 9.59 Å². The molecule has 4 heteroatoms. The van der Waals surface area contributed by atoms with Crippen molar-refractivity contribution in [2.24, 2.45) is 17.8 Å². The fourth-order valence-corrected chi connectivity index (χ4v) is 4.61. The van der Waals surface area contributed by atoms with Gasteiger partial charge in [0, 0.05) is 12.1 Å². The minimum Gasteiger partial charge on any atom is -0.352 e. The molecule has 2 amide bonds. The lowest BCUT2D eigenvalue weighted by Crippen LogP contribution is -2.50. The van der Waals surface area contributed by atoms with Gasteiger partial charge >= 0.3 is 0 Å². The molecule has 0 radical (unpaired) electrons. The smallest absolute Gasteiger partial charge is 0.232 e. The van der Waals surface area contributed by atoms with Crippen molar-refractivity contribution in [2.75, 3.05) is 0 Å². The first-order valence-electron chi connectivity index (χ1n) is 11.1. The van der Waals surface area contributed by atoms with Gasteiger partial charge in [0.25, 0.3) is 0 Å². The summed E-state index contributed by atoms with van der Waals surface area (Å²) in [5, 5.41) is 6.45. The molecule has 0 aromatic carbocycles. The zero-order valence-electron chi connectivity index (χ0n) is 17.2. The summed E-state index contributed by atoms with van der Waals surface area (Å²) in [7, 11) is 0. The average molecular weight is 365 g/mol. The predicted octanol–water partition coefficient (Wildman–Crippen LogP) is 4.57. The van der Waals surface area contributed by atoms with Gasteiger partial charge in [-0.3, -0.25) is 9.59 Å². The molecule has 4 atom stereocenters. The molecule has 0 aromatic rings. The van der Waals surface area contributed by atoms with Crippen molar-refractivity contribution in [1.82, 2.24) is 10.6 Å². The van der Waals surface area contributed by atoms with Crippen LogP contribution in [0.15, 0.2) is 0 Å². The van der Waals surface area contributed by atoms with E-state index in [1.807, 2.05) is 0 Å². The Morgan fingerprint density at radius 1 is 0.808 bits per heavy atom. The van der Waals surface area contributed by atoms with Gasteiger partial charge in [0.1, 0.15) is 5.92 Å². The summed E-state index contributed by atoms with van der Waals surface area (Å²) in [5.41, 5.74) is 0. The van der Waals surface area contributed by atoms with Crippen LogP contribution >= 0.6 is 0 Å². The van der Waals surface area contributed by atoms with Crippen molar-refractivity contribution in [3.8, 4) is 0 Å². The molecule has 2 aliphatic carbocycles. The molecule has 0 bridgehead atoms. The van der Waals surface area contributed by atoms with Crippen molar-refractivity contribution >= 4 is 11.8 Å². The molecule has 0 aromatic heterocycles. The summed E-state index contributed by atoms with van der Waals surface area (Å²) < 4.78 is 0. The van der Waals surface area contributed by atoms with Gasteiger partial charge in [-0.1, -0.05) is 65.7 Å². The van der Waals surface area contributed by atoms with E-state index in [0.717, 1.165) is 32.1 Å². The lowest BCUT2D eigenvalue weighted by molar-refractivity contribution is -0.137. The lowest BCUT2D eigenvalue weighted by Gasteiger charge is -2.33. The zero-order valence-corrected chi connectivity index (χ0v) is 17.2. The number of unbranched alkanes of at least 4 members (excludes halogenated alkanes) is 2. The number of nitrogens with one attached hydrogen (secondary N) is 2. The summed E-state index contributed by atoms with van der Waals surface area (Å²) in [5.74, 6) is 0.433. The van der Waals surface area contributed by atoms with Crippen LogP contribution in [0.1, 0.15) is 97.8 Å². The van der Waals surface area contributed by atoms with Crippen LogP contribution in [0.4, 0.5) is 0 Å². The molecule has 2 saturated carbocycles. The van der Waals surface area contributed by atoms with E-state index >= 15 is 0 Å². The van der Waals surface area contributed by atoms with Gasteiger partial charge in [-0.2, -0.15) is 0 Å². The minimum atomic E-state index is -0.523. The van der Waals surface area contributed by atoms with Crippen molar-refractivity contribution in [1.29, 1.82) is 0 Å². The Kier molecular flexibility index (Phi) is 8.94. The third-order valence-corrected chi connectivity index (χ3v) is 6.61. The van der Waals surface area contributed by atoms with Crippen LogP contribution in [0.3, 0.4) is 0 Å². The van der Waals surface area contributed by atoms with Crippen LogP contribution in [0.2, 0.25) is 0 Å². The Morgan fingerprint density at radius 3 is 1.69 bits per heavy atom. The van der Waals surface area contributed by atoms with Crippen molar-refractivity contribution in [2.45, 2.75) is 110 Å². The van der Waals surface area contributed by atoms with Gasteiger partial charge in [0.15, 0.2) is 0 Å². The van der Waals surface area contributed by atoms with Crippen LogP contribution in [0, 0.1) is 17.8 Å². The fourth-order valence-electron chi connectivity index (χ4n) is 4.61. The second-order valence-electron chi connectivity index (χ2n) is 8.80. The topological polar surface area (TPSA) is 58.2 Å². The second-order valence-corrected chi connectivity index (χ2v) is 8.80. The molecule has 2 aliphatic rings. The largest absolute Gasteiger partial charge is 0.352 e. The molecule has 0 saturated heterocycles. The highest BCUT2D eigenvalue weighted by atomic mass is 16.2. The Morgan fingerprint density at radius 2 is 1.27 bits per heavy atom. The van der Waals surface area contributed by atoms with Crippen molar-refractivity contribution in [3.63, 3.8) is 0 Å². The summed E-state index contributed by atoms with van der Waals surface area (Å²) >= 11 is 0. The van der Waals surface area contributed by atoms with E-state index < -0.39 is 5.92 Å². The molecular formula is C22H40N2O2. The standard InChI is InChI=1S/C22H40N2O2/c1-4-5-6-13-18(21(25)23-19-14-9-7-11-16(19)2)22(26)24-20-15-10-8-12-17(20)3/h16-20H,4-15H2,1-3H3,(H,23,25)(H,24,26). The van der Waals surface area contributed by atoms with Crippen LogP contribution in [0.25, 0.3) is 0 Å². The molecule has 4 nitrogen and oxygen atoms in total. The Hall–Kier alpha value is -1.06. The number of carbonyl (C=O) groups excluding carboxylic acids is 2. The van der Waals surface area contributed by atoms with Crippen LogP contribution < -0.4 is 10.6 Å². The first-order valence-corrected chi connectivity index (χ1v) is 11.1. The van der Waals surface area contributed by atoms with Gasteiger partial charge < -0.3 is 10.6 Å². The third kappa shape index (κ3) is 6.28. The molecule has 2 N–H and O–H groups in total. The molecule has 2 rings (SSSR count). The van der Waals surface area contributed by atoms with E-state index in [1.54, 1.807) is 0 Å².